The van der Waals surface area contributed by atoms with Crippen LogP contribution in [0.25, 0.3) is 11.3 Å². The Kier molecular flexibility index (Phi) is 5.31. The molecule has 1 aliphatic heterocycles. The highest BCUT2D eigenvalue weighted by Gasteiger charge is 2.34. The molecule has 0 atom stereocenters. The number of hydrogen-bond acceptors (Lipinski definition) is 4. The number of primary amides is 1. The van der Waals surface area contributed by atoms with E-state index in [1.165, 1.54) is 23.5 Å². The predicted molar refractivity (Wildman–Crippen MR) is 114 cm³/mol. The average molecular weight is 446 g/mol. The van der Waals surface area contributed by atoms with Gasteiger partial charge in [-0.15, -0.1) is 0 Å². The van der Waals surface area contributed by atoms with E-state index in [-0.39, 0.29) is 28.6 Å². The van der Waals surface area contributed by atoms with Gasteiger partial charge in [0.2, 0.25) is 10.0 Å². The maximum absolute atomic E-state index is 13.2. The Balaban J connectivity index is 1.77. The Morgan fingerprint density at radius 3 is 2.33 bits per heavy atom. The molecule has 1 amide bonds. The van der Waals surface area contributed by atoms with Crippen molar-refractivity contribution in [1.82, 2.24) is 8.87 Å². The summed E-state index contributed by atoms with van der Waals surface area (Å²) in [5.74, 6) is -0.119. The quantitative estimate of drug-likeness (QED) is 0.652. The van der Waals surface area contributed by atoms with Gasteiger partial charge in [0.25, 0.3) is 5.91 Å². The number of nitrogens with two attached hydrogens (primary N) is 1. The van der Waals surface area contributed by atoms with E-state index in [2.05, 4.69) is 0 Å². The number of aromatic nitrogens is 1. The first-order valence-electron chi connectivity index (χ1n) is 9.25. The number of rotatable bonds is 5. The van der Waals surface area contributed by atoms with E-state index in [1.807, 2.05) is 34.9 Å². The number of benzene rings is 2. The third-order valence-electron chi connectivity index (χ3n) is 5.20. The van der Waals surface area contributed by atoms with Gasteiger partial charge in [-0.1, -0.05) is 41.9 Å². The number of carbonyl (C=O) groups is 1. The summed E-state index contributed by atoms with van der Waals surface area (Å²) in [4.78, 5) is 12.3. The van der Waals surface area contributed by atoms with Crippen molar-refractivity contribution in [2.24, 2.45) is 5.73 Å². The van der Waals surface area contributed by atoms with Crippen molar-refractivity contribution < 1.29 is 17.9 Å². The summed E-state index contributed by atoms with van der Waals surface area (Å²) in [7, 11) is -2.26. The number of hydrogen-bond donors (Lipinski definition) is 1. The van der Waals surface area contributed by atoms with E-state index >= 15 is 0 Å². The second-order valence-electron chi connectivity index (χ2n) is 6.88. The Bertz CT molecular complexity index is 1210. The first-order chi connectivity index (χ1) is 14.3. The molecule has 156 valence electrons. The van der Waals surface area contributed by atoms with Gasteiger partial charge in [-0.25, -0.2) is 8.42 Å². The molecular weight excluding hydrogens is 426 g/mol. The van der Waals surface area contributed by atoms with Crippen molar-refractivity contribution in [2.45, 2.75) is 18.0 Å². The summed E-state index contributed by atoms with van der Waals surface area (Å²) in [5, 5.41) is 0.243. The number of halogens is 1. The van der Waals surface area contributed by atoms with Crippen molar-refractivity contribution in [1.29, 1.82) is 0 Å². The average Bonchev–Trinajstić information content (AvgIpc) is 3.05. The highest BCUT2D eigenvalue weighted by atomic mass is 35.5. The van der Waals surface area contributed by atoms with Gasteiger partial charge in [0.1, 0.15) is 5.75 Å². The van der Waals surface area contributed by atoms with Crippen LogP contribution in [0.2, 0.25) is 5.02 Å². The Hall–Kier alpha value is -2.81. The van der Waals surface area contributed by atoms with Crippen LogP contribution < -0.4 is 10.5 Å². The Labute approximate surface area is 179 Å². The lowest BCUT2D eigenvalue weighted by Gasteiger charge is -2.29. The summed E-state index contributed by atoms with van der Waals surface area (Å²) in [6, 6.07) is 15.6. The fourth-order valence-electron chi connectivity index (χ4n) is 3.73. The zero-order valence-corrected chi connectivity index (χ0v) is 17.8. The van der Waals surface area contributed by atoms with E-state index in [1.54, 1.807) is 12.1 Å². The van der Waals surface area contributed by atoms with Gasteiger partial charge in [-0.2, -0.15) is 4.31 Å². The fourth-order valence-corrected chi connectivity index (χ4v) is 5.54. The lowest BCUT2D eigenvalue weighted by atomic mass is 10.1. The van der Waals surface area contributed by atoms with Crippen molar-refractivity contribution in [3.63, 3.8) is 0 Å². The van der Waals surface area contributed by atoms with Gasteiger partial charge in [0, 0.05) is 18.8 Å². The molecular formula is C21H20ClN3O4S. The lowest BCUT2D eigenvalue weighted by molar-refractivity contribution is 0.0998. The number of nitrogens with zero attached hydrogens (tertiary/aromatic N) is 2. The summed E-state index contributed by atoms with van der Waals surface area (Å²) in [5.41, 5.74) is 7.77. The number of amides is 1. The molecule has 0 spiro atoms. The molecule has 0 fully saturated rings. The molecule has 3 aromatic rings. The minimum Gasteiger partial charge on any atom is -0.497 e. The summed E-state index contributed by atoms with van der Waals surface area (Å²) < 4.78 is 34.7. The third-order valence-corrected chi connectivity index (χ3v) is 7.43. The Morgan fingerprint density at radius 1 is 1.07 bits per heavy atom. The van der Waals surface area contributed by atoms with E-state index in [4.69, 9.17) is 22.1 Å². The van der Waals surface area contributed by atoms with Gasteiger partial charge in [-0.3, -0.25) is 4.79 Å². The van der Waals surface area contributed by atoms with Crippen LogP contribution in [0.3, 0.4) is 0 Å². The van der Waals surface area contributed by atoms with Crippen LogP contribution in [0.5, 0.6) is 5.75 Å². The number of carbonyl (C=O) groups excluding carboxylic acids is 1. The number of methoxy groups -OCH3 is 1. The molecule has 9 heteroatoms. The van der Waals surface area contributed by atoms with Crippen molar-refractivity contribution >= 4 is 27.5 Å². The second-order valence-corrected chi connectivity index (χ2v) is 9.20. The van der Waals surface area contributed by atoms with E-state index in [0.717, 1.165) is 5.56 Å². The molecule has 2 aromatic carbocycles. The number of fused-ring (bicyclic) bond motifs is 1. The van der Waals surface area contributed by atoms with Gasteiger partial charge >= 0.3 is 0 Å². The van der Waals surface area contributed by atoms with Crippen LogP contribution in [0.4, 0.5) is 0 Å². The molecule has 4 rings (SSSR count). The maximum atomic E-state index is 13.2. The zero-order chi connectivity index (χ0) is 21.5. The molecule has 0 saturated heterocycles. The molecule has 1 aromatic heterocycles. The molecule has 0 unspecified atom stereocenters. The zero-order valence-electron chi connectivity index (χ0n) is 16.2. The van der Waals surface area contributed by atoms with Gasteiger partial charge in [0.15, 0.2) is 0 Å². The molecule has 0 saturated carbocycles. The molecule has 0 aliphatic carbocycles. The molecule has 1 aliphatic rings. The topological polar surface area (TPSA) is 94.6 Å². The smallest absolute Gasteiger partial charge is 0.252 e. The highest BCUT2D eigenvalue weighted by molar-refractivity contribution is 7.89. The monoisotopic (exact) mass is 445 g/mol. The van der Waals surface area contributed by atoms with Gasteiger partial charge in [-0.05, 0) is 29.8 Å². The highest BCUT2D eigenvalue weighted by Crippen LogP contribution is 2.38. The van der Waals surface area contributed by atoms with Crippen LogP contribution >= 0.6 is 11.6 Å². The number of ether oxygens (including phenoxy) is 1. The molecule has 7 nitrogen and oxygen atoms in total. The normalized spacial score (nSPS) is 14.3. The summed E-state index contributed by atoms with van der Waals surface area (Å²) in [6.07, 6.45) is 0. The van der Waals surface area contributed by atoms with Crippen LogP contribution in [0.15, 0.2) is 59.5 Å². The lowest BCUT2D eigenvalue weighted by Crippen LogP contribution is -2.39. The van der Waals surface area contributed by atoms with E-state index in [0.29, 0.717) is 23.7 Å². The SMILES string of the molecule is COc1ccc(S(=O)(=O)N2CCn3c(c(C(N)=O)c(Cl)c3-c3ccccc3)C2)cc1. The second kappa shape index (κ2) is 7.79. The molecule has 30 heavy (non-hydrogen) atoms. The molecule has 2 N–H and O–H groups in total. The van der Waals surface area contributed by atoms with E-state index < -0.39 is 15.9 Å². The molecule has 0 bridgehead atoms. The maximum Gasteiger partial charge on any atom is 0.252 e. The first-order valence-corrected chi connectivity index (χ1v) is 11.1. The van der Waals surface area contributed by atoms with E-state index in [9.17, 15) is 13.2 Å². The fraction of sp³-hybridized carbons (Fsp3) is 0.190. The summed E-state index contributed by atoms with van der Waals surface area (Å²) in [6.45, 7) is 0.589. The first kappa shape index (κ1) is 20.5. The minimum absolute atomic E-state index is 0.000804. The van der Waals surface area contributed by atoms with Gasteiger partial charge < -0.3 is 15.0 Å². The van der Waals surface area contributed by atoms with Crippen LogP contribution in [-0.2, 0) is 23.1 Å². The van der Waals surface area contributed by atoms with Crippen molar-refractivity contribution in [2.75, 3.05) is 13.7 Å². The van der Waals surface area contributed by atoms with Crippen LogP contribution in [0.1, 0.15) is 16.1 Å². The Morgan fingerprint density at radius 2 is 1.73 bits per heavy atom. The van der Waals surface area contributed by atoms with Crippen LogP contribution in [0, 0.1) is 0 Å². The predicted octanol–water partition coefficient (Wildman–Crippen LogP) is 3.12. The summed E-state index contributed by atoms with van der Waals surface area (Å²) >= 11 is 6.56. The van der Waals surface area contributed by atoms with Crippen molar-refractivity contribution in [3.8, 4) is 17.0 Å². The minimum atomic E-state index is -3.77. The van der Waals surface area contributed by atoms with Crippen LogP contribution in [-0.4, -0.2) is 36.9 Å². The van der Waals surface area contributed by atoms with Gasteiger partial charge in [0.05, 0.1) is 34.8 Å². The number of sulfonamides is 1. The standard InChI is InChI=1S/C21H20ClN3O4S/c1-29-15-7-9-16(10-8-15)30(27,28)24-11-12-25-17(13-24)18(21(23)26)19(22)20(25)14-5-3-2-4-6-14/h2-10H,11-13H2,1H3,(H2,23,26). The van der Waals surface area contributed by atoms with Crippen molar-refractivity contribution in [3.05, 3.63) is 70.9 Å². The molecule has 0 radical (unpaired) electrons. The third kappa shape index (κ3) is 3.36. The largest absolute Gasteiger partial charge is 0.497 e. The molecule has 2 heterocycles.